The molecule has 0 spiro atoms. The van der Waals surface area contributed by atoms with Gasteiger partial charge in [0.1, 0.15) is 0 Å². The van der Waals surface area contributed by atoms with E-state index in [1.54, 1.807) is 11.3 Å². The van der Waals surface area contributed by atoms with Crippen LogP contribution in [0.1, 0.15) is 33.5 Å². The molecule has 2 unspecified atom stereocenters. The van der Waals surface area contributed by atoms with E-state index in [2.05, 4.69) is 17.1 Å². The fourth-order valence-electron chi connectivity index (χ4n) is 3.26. The van der Waals surface area contributed by atoms with Crippen LogP contribution in [0.4, 0.5) is 0 Å². The third-order valence-electron chi connectivity index (χ3n) is 4.62. The van der Waals surface area contributed by atoms with Gasteiger partial charge in [0.05, 0.1) is 24.2 Å². The van der Waals surface area contributed by atoms with E-state index in [-0.39, 0.29) is 5.91 Å². The molecule has 1 aromatic heterocycles. The summed E-state index contributed by atoms with van der Waals surface area (Å²) in [5.41, 5.74) is 1.34. The van der Waals surface area contributed by atoms with Gasteiger partial charge in [0.25, 0.3) is 5.91 Å². The number of hydrogen-bond acceptors (Lipinski definition) is 5. The maximum atomic E-state index is 12.3. The van der Waals surface area contributed by atoms with E-state index in [1.807, 2.05) is 6.07 Å². The van der Waals surface area contributed by atoms with Gasteiger partial charge in [0.15, 0.2) is 0 Å². The van der Waals surface area contributed by atoms with Gasteiger partial charge in [-0.1, -0.05) is 6.92 Å². The molecule has 2 N–H and O–H groups in total. The number of aliphatic hydroxyl groups excluding tert-OH is 1. The summed E-state index contributed by atoms with van der Waals surface area (Å²) in [6.07, 6.45) is 2.85. The third-order valence-corrected chi connectivity index (χ3v) is 5.86. The topological polar surface area (TPSA) is 61.8 Å². The Morgan fingerprint density at radius 1 is 1.52 bits per heavy atom. The molecule has 0 aromatic carbocycles. The van der Waals surface area contributed by atoms with Gasteiger partial charge in [0, 0.05) is 31.1 Å². The number of carbonyl (C=O) groups is 1. The van der Waals surface area contributed by atoms with E-state index in [0.29, 0.717) is 19.0 Å². The molecule has 128 valence electrons. The molecule has 1 aliphatic carbocycles. The highest BCUT2D eigenvalue weighted by molar-refractivity contribution is 7.14. The molecule has 23 heavy (non-hydrogen) atoms. The van der Waals surface area contributed by atoms with Crippen molar-refractivity contribution in [2.75, 3.05) is 39.4 Å². The molecule has 0 bridgehead atoms. The summed E-state index contributed by atoms with van der Waals surface area (Å²) in [6, 6.07) is 2.04. The van der Waals surface area contributed by atoms with Gasteiger partial charge < -0.3 is 15.2 Å². The summed E-state index contributed by atoms with van der Waals surface area (Å²) in [5.74, 6) is 0.654. The second kappa shape index (κ2) is 7.75. The number of nitrogens with zero attached hydrogens (tertiary/aromatic N) is 1. The summed E-state index contributed by atoms with van der Waals surface area (Å²) in [6.45, 7) is 6.29. The third kappa shape index (κ3) is 4.53. The smallest absolute Gasteiger partial charge is 0.261 e. The van der Waals surface area contributed by atoms with Gasteiger partial charge in [-0.15, -0.1) is 11.3 Å². The lowest BCUT2D eigenvalue weighted by atomic mass is 9.90. The average Bonchev–Trinajstić information content (AvgIpc) is 2.96. The minimum absolute atomic E-state index is 0.0573. The average molecular weight is 338 g/mol. The number of thiophene rings is 1. The van der Waals surface area contributed by atoms with Crippen molar-refractivity contribution < 1.29 is 14.6 Å². The predicted octanol–water partition coefficient (Wildman–Crippen LogP) is 1.30. The minimum Gasteiger partial charge on any atom is -0.390 e. The van der Waals surface area contributed by atoms with Crippen LogP contribution >= 0.6 is 11.3 Å². The largest absolute Gasteiger partial charge is 0.390 e. The van der Waals surface area contributed by atoms with Gasteiger partial charge in [-0.05, 0) is 36.8 Å². The Bertz CT molecular complexity index is 540. The molecule has 3 rings (SSSR count). The number of fused-ring (bicyclic) bond motifs is 1. The van der Waals surface area contributed by atoms with Gasteiger partial charge in [-0.2, -0.15) is 0 Å². The number of nitrogens with one attached hydrogen (secondary N) is 1. The SMILES string of the molecule is CC1CCc2sc(C(=O)NCC(O)CN3CCOCC3)cc2C1. The van der Waals surface area contributed by atoms with Crippen molar-refractivity contribution >= 4 is 17.2 Å². The number of aliphatic hydroxyl groups is 1. The molecular weight excluding hydrogens is 312 g/mol. The normalized spacial score (nSPS) is 23.3. The van der Waals surface area contributed by atoms with Crippen LogP contribution in [0.5, 0.6) is 0 Å². The van der Waals surface area contributed by atoms with Crippen LogP contribution in [0.25, 0.3) is 0 Å². The van der Waals surface area contributed by atoms with Crippen molar-refractivity contribution in [2.45, 2.75) is 32.3 Å². The number of carbonyl (C=O) groups excluding carboxylic acids is 1. The Morgan fingerprint density at radius 2 is 2.30 bits per heavy atom. The molecule has 1 aromatic rings. The lowest BCUT2D eigenvalue weighted by molar-refractivity contribution is 0.0149. The van der Waals surface area contributed by atoms with Crippen LogP contribution in [0, 0.1) is 5.92 Å². The standard InChI is InChI=1S/C17H26N2O3S/c1-12-2-3-15-13(8-12)9-16(23-15)17(21)18-10-14(20)11-19-4-6-22-7-5-19/h9,12,14,20H,2-8,10-11H2,1H3,(H,18,21). The first kappa shape index (κ1) is 16.9. The summed E-state index contributed by atoms with van der Waals surface area (Å²) in [7, 11) is 0. The van der Waals surface area contributed by atoms with E-state index in [0.717, 1.165) is 44.0 Å². The lowest BCUT2D eigenvalue weighted by Gasteiger charge is -2.28. The molecular formula is C17H26N2O3S. The Hall–Kier alpha value is -0.950. The first-order chi connectivity index (χ1) is 11.1. The van der Waals surface area contributed by atoms with E-state index in [4.69, 9.17) is 4.74 Å². The maximum Gasteiger partial charge on any atom is 0.261 e. The summed E-state index contributed by atoms with van der Waals surface area (Å²) >= 11 is 1.61. The molecule has 2 atom stereocenters. The Labute approximate surface area is 141 Å². The van der Waals surface area contributed by atoms with Crippen LogP contribution in [-0.4, -0.2) is 61.4 Å². The molecule has 0 radical (unpaired) electrons. The van der Waals surface area contributed by atoms with Gasteiger partial charge in [0.2, 0.25) is 0 Å². The molecule has 2 heterocycles. The zero-order valence-corrected chi connectivity index (χ0v) is 14.5. The zero-order valence-electron chi connectivity index (χ0n) is 13.7. The van der Waals surface area contributed by atoms with Crippen LogP contribution in [0.15, 0.2) is 6.07 Å². The number of β-amino-alcohol motifs (C(OH)–C–C–N with tert-alkyl or cyclic N) is 1. The fraction of sp³-hybridized carbons (Fsp3) is 0.706. The van der Waals surface area contributed by atoms with E-state index < -0.39 is 6.10 Å². The highest BCUT2D eigenvalue weighted by Crippen LogP contribution is 2.32. The van der Waals surface area contributed by atoms with Gasteiger partial charge in [-0.25, -0.2) is 0 Å². The second-order valence-corrected chi connectivity index (χ2v) is 7.82. The summed E-state index contributed by atoms with van der Waals surface area (Å²) < 4.78 is 5.29. The molecule has 5 nitrogen and oxygen atoms in total. The van der Waals surface area contributed by atoms with Crippen LogP contribution < -0.4 is 5.32 Å². The molecule has 2 aliphatic rings. The molecule has 1 amide bonds. The Morgan fingerprint density at radius 3 is 3.09 bits per heavy atom. The second-order valence-electron chi connectivity index (χ2n) is 6.68. The van der Waals surface area contributed by atoms with E-state index in [1.165, 1.54) is 16.9 Å². The molecule has 1 saturated heterocycles. The van der Waals surface area contributed by atoms with E-state index >= 15 is 0 Å². The maximum absolute atomic E-state index is 12.3. The number of aryl methyl sites for hydroxylation is 1. The van der Waals surface area contributed by atoms with Crippen LogP contribution in [0.2, 0.25) is 0 Å². The van der Waals surface area contributed by atoms with Crippen molar-refractivity contribution in [3.05, 3.63) is 21.4 Å². The first-order valence-corrected chi connectivity index (χ1v) is 9.31. The van der Waals surface area contributed by atoms with Crippen molar-refractivity contribution in [2.24, 2.45) is 5.92 Å². The molecule has 1 fully saturated rings. The molecule has 6 heteroatoms. The highest BCUT2D eigenvalue weighted by Gasteiger charge is 2.21. The quantitative estimate of drug-likeness (QED) is 0.849. The molecule has 1 aliphatic heterocycles. The van der Waals surface area contributed by atoms with Gasteiger partial charge >= 0.3 is 0 Å². The number of hydrogen-bond donors (Lipinski definition) is 2. The number of rotatable bonds is 5. The summed E-state index contributed by atoms with van der Waals surface area (Å²) in [4.78, 5) is 16.6. The first-order valence-electron chi connectivity index (χ1n) is 8.49. The van der Waals surface area contributed by atoms with E-state index in [9.17, 15) is 9.90 Å². The fourth-order valence-corrected chi connectivity index (χ4v) is 4.39. The predicted molar refractivity (Wildman–Crippen MR) is 91.1 cm³/mol. The number of morpholine rings is 1. The Balaban J connectivity index is 1.47. The zero-order chi connectivity index (χ0) is 16.2. The lowest BCUT2D eigenvalue weighted by Crippen LogP contribution is -2.44. The van der Waals surface area contributed by atoms with Crippen molar-refractivity contribution in [3.8, 4) is 0 Å². The van der Waals surface area contributed by atoms with Gasteiger partial charge in [-0.3, -0.25) is 9.69 Å². The Kier molecular flexibility index (Phi) is 5.69. The van der Waals surface area contributed by atoms with Crippen LogP contribution in [-0.2, 0) is 17.6 Å². The van der Waals surface area contributed by atoms with Crippen LogP contribution in [0.3, 0.4) is 0 Å². The van der Waals surface area contributed by atoms with Crippen molar-refractivity contribution in [3.63, 3.8) is 0 Å². The van der Waals surface area contributed by atoms with Crippen molar-refractivity contribution in [1.29, 1.82) is 0 Å². The molecule has 0 saturated carbocycles. The minimum atomic E-state index is -0.536. The number of amides is 1. The summed E-state index contributed by atoms with van der Waals surface area (Å²) in [5, 5.41) is 13.0. The van der Waals surface area contributed by atoms with Crippen molar-refractivity contribution in [1.82, 2.24) is 10.2 Å². The monoisotopic (exact) mass is 338 g/mol. The number of ether oxygens (including phenoxy) is 1. The highest BCUT2D eigenvalue weighted by atomic mass is 32.1.